The molecule has 4 aromatic carbocycles. The second-order valence-electron chi connectivity index (χ2n) is 10.4. The number of fused-ring (bicyclic) bond motifs is 5. The van der Waals surface area contributed by atoms with Gasteiger partial charge in [0, 0.05) is 37.0 Å². The molecular weight excluding hydrogens is 518 g/mol. The van der Waals surface area contributed by atoms with Gasteiger partial charge in [-0.3, -0.25) is 4.79 Å². The van der Waals surface area contributed by atoms with Gasteiger partial charge in [-0.15, -0.1) is 0 Å². The molecule has 0 aliphatic carbocycles. The minimum absolute atomic E-state index is 0.0718. The maximum absolute atomic E-state index is 14.0. The molecule has 2 N–H and O–H groups in total. The Labute approximate surface area is 237 Å². The SMILES string of the molecule is O=C(NCCc1ccc(-c2ccccc2)cc1)NCCN1C(=O)C2(COc3cc4c(cc32)OCO4)c2ccccc21. The van der Waals surface area contributed by atoms with Crippen molar-refractivity contribution in [2.24, 2.45) is 0 Å². The highest BCUT2D eigenvalue weighted by Gasteiger charge is 2.57. The maximum atomic E-state index is 14.0. The van der Waals surface area contributed by atoms with Crippen molar-refractivity contribution in [3.63, 3.8) is 0 Å². The minimum Gasteiger partial charge on any atom is -0.491 e. The van der Waals surface area contributed by atoms with Gasteiger partial charge in [0.05, 0.1) is 0 Å². The fraction of sp³-hybridized carbons (Fsp3) is 0.212. The molecule has 3 heterocycles. The molecule has 3 aliphatic heterocycles. The van der Waals surface area contributed by atoms with Crippen LogP contribution >= 0.6 is 0 Å². The predicted molar refractivity (Wildman–Crippen MR) is 155 cm³/mol. The average Bonchev–Trinajstić information content (AvgIpc) is 3.69. The molecule has 3 aliphatic rings. The molecule has 0 saturated heterocycles. The first-order valence-corrected chi connectivity index (χ1v) is 13.8. The van der Waals surface area contributed by atoms with Crippen LogP contribution in [-0.4, -0.2) is 45.0 Å². The van der Waals surface area contributed by atoms with E-state index < -0.39 is 5.41 Å². The topological polar surface area (TPSA) is 89.1 Å². The molecule has 0 fully saturated rings. The van der Waals surface area contributed by atoms with E-state index in [0.29, 0.717) is 36.9 Å². The molecule has 41 heavy (non-hydrogen) atoms. The number of para-hydroxylation sites is 1. The highest BCUT2D eigenvalue weighted by Crippen LogP contribution is 2.54. The monoisotopic (exact) mass is 547 g/mol. The number of urea groups is 1. The zero-order valence-corrected chi connectivity index (χ0v) is 22.4. The van der Waals surface area contributed by atoms with Gasteiger partial charge in [-0.1, -0.05) is 72.8 Å². The van der Waals surface area contributed by atoms with Gasteiger partial charge in [0.1, 0.15) is 17.8 Å². The van der Waals surface area contributed by atoms with E-state index in [4.69, 9.17) is 14.2 Å². The van der Waals surface area contributed by atoms with Crippen molar-refractivity contribution >= 4 is 17.6 Å². The summed E-state index contributed by atoms with van der Waals surface area (Å²) in [5.41, 5.74) is 5.04. The Balaban J connectivity index is 0.964. The summed E-state index contributed by atoms with van der Waals surface area (Å²) in [5.74, 6) is 1.79. The van der Waals surface area contributed by atoms with Gasteiger partial charge < -0.3 is 29.7 Å². The van der Waals surface area contributed by atoms with Crippen LogP contribution in [0.2, 0.25) is 0 Å². The smallest absolute Gasteiger partial charge is 0.314 e. The van der Waals surface area contributed by atoms with Crippen molar-refractivity contribution in [2.45, 2.75) is 11.8 Å². The summed E-state index contributed by atoms with van der Waals surface area (Å²) in [4.78, 5) is 28.3. The number of ether oxygens (including phenoxy) is 3. The van der Waals surface area contributed by atoms with Crippen molar-refractivity contribution in [1.82, 2.24) is 10.6 Å². The molecule has 8 heteroatoms. The van der Waals surface area contributed by atoms with Crippen molar-refractivity contribution in [2.75, 3.05) is 37.9 Å². The number of rotatable bonds is 7. The molecule has 1 spiro atoms. The largest absolute Gasteiger partial charge is 0.491 e. The highest BCUT2D eigenvalue weighted by molar-refractivity contribution is 6.11. The second kappa shape index (κ2) is 10.2. The van der Waals surface area contributed by atoms with Gasteiger partial charge in [0.15, 0.2) is 11.5 Å². The number of carbonyl (C=O) groups is 2. The molecular formula is C33H29N3O5. The Morgan fingerprint density at radius 3 is 2.29 bits per heavy atom. The minimum atomic E-state index is -0.953. The number of nitrogens with zero attached hydrogens (tertiary/aromatic N) is 1. The van der Waals surface area contributed by atoms with E-state index in [0.717, 1.165) is 28.8 Å². The van der Waals surface area contributed by atoms with Crippen LogP contribution in [0.4, 0.5) is 10.5 Å². The Hall–Kier alpha value is -4.98. The zero-order chi connectivity index (χ0) is 27.8. The van der Waals surface area contributed by atoms with E-state index in [-0.39, 0.29) is 25.3 Å². The Morgan fingerprint density at radius 1 is 0.756 bits per heavy atom. The lowest BCUT2D eigenvalue weighted by Gasteiger charge is -2.23. The van der Waals surface area contributed by atoms with Gasteiger partial charge in [0.25, 0.3) is 0 Å². The summed E-state index contributed by atoms with van der Waals surface area (Å²) in [6.45, 7) is 1.51. The first-order chi connectivity index (χ1) is 20.1. The van der Waals surface area contributed by atoms with E-state index in [2.05, 4.69) is 47.0 Å². The molecule has 0 saturated carbocycles. The quantitative estimate of drug-likeness (QED) is 0.352. The molecule has 0 bridgehead atoms. The fourth-order valence-electron chi connectivity index (χ4n) is 5.95. The molecule has 0 aromatic heterocycles. The van der Waals surface area contributed by atoms with E-state index in [1.807, 2.05) is 48.5 Å². The number of hydrogen-bond acceptors (Lipinski definition) is 5. The van der Waals surface area contributed by atoms with Gasteiger partial charge in [-0.05, 0) is 40.8 Å². The molecule has 206 valence electrons. The van der Waals surface area contributed by atoms with Gasteiger partial charge >= 0.3 is 6.03 Å². The van der Waals surface area contributed by atoms with E-state index in [1.54, 1.807) is 11.0 Å². The van der Waals surface area contributed by atoms with Crippen molar-refractivity contribution in [3.05, 3.63) is 108 Å². The van der Waals surface area contributed by atoms with Crippen LogP contribution in [0.5, 0.6) is 17.2 Å². The fourth-order valence-corrected chi connectivity index (χ4v) is 5.95. The third-order valence-corrected chi connectivity index (χ3v) is 8.02. The van der Waals surface area contributed by atoms with Gasteiger partial charge in [0.2, 0.25) is 12.7 Å². The molecule has 7 rings (SSSR count). The maximum Gasteiger partial charge on any atom is 0.314 e. The molecule has 3 amide bonds. The van der Waals surface area contributed by atoms with Crippen molar-refractivity contribution in [1.29, 1.82) is 0 Å². The molecule has 0 radical (unpaired) electrons. The highest BCUT2D eigenvalue weighted by atomic mass is 16.7. The number of nitrogens with one attached hydrogen (secondary N) is 2. The molecule has 1 atom stereocenters. The standard InChI is InChI=1S/C33H29N3O5/c37-31-33(20-39-28-19-30-29(18-26(28)33)40-21-41-30)25-8-4-5-9-27(25)36(31)17-16-35-32(38)34-15-14-22-10-12-24(13-11-22)23-6-2-1-3-7-23/h1-13,18-19H,14-17,20-21H2,(H2,34,35,38). The number of hydrogen-bond donors (Lipinski definition) is 2. The van der Waals surface area contributed by atoms with Crippen LogP contribution in [0.15, 0.2) is 91.0 Å². The zero-order valence-electron chi connectivity index (χ0n) is 22.4. The van der Waals surface area contributed by atoms with Gasteiger partial charge in [-0.2, -0.15) is 0 Å². The third kappa shape index (κ3) is 4.32. The second-order valence-corrected chi connectivity index (χ2v) is 10.4. The summed E-state index contributed by atoms with van der Waals surface area (Å²) in [6.07, 6.45) is 0.723. The lowest BCUT2D eigenvalue weighted by Crippen LogP contribution is -2.46. The Bertz CT molecular complexity index is 1620. The summed E-state index contributed by atoms with van der Waals surface area (Å²) < 4.78 is 17.1. The number of amides is 3. The van der Waals surface area contributed by atoms with Crippen molar-refractivity contribution < 1.29 is 23.8 Å². The van der Waals surface area contributed by atoms with E-state index >= 15 is 0 Å². The molecule has 8 nitrogen and oxygen atoms in total. The molecule has 4 aromatic rings. The van der Waals surface area contributed by atoms with Crippen LogP contribution in [0, 0.1) is 0 Å². The summed E-state index contributed by atoms with van der Waals surface area (Å²) in [6, 6.07) is 29.8. The van der Waals surface area contributed by atoms with Crippen LogP contribution < -0.4 is 29.7 Å². The number of carbonyl (C=O) groups excluding carboxylic acids is 2. The predicted octanol–water partition coefficient (Wildman–Crippen LogP) is 4.65. The normalized spacial score (nSPS) is 17.8. The van der Waals surface area contributed by atoms with E-state index in [9.17, 15) is 9.59 Å². The lowest BCUT2D eigenvalue weighted by molar-refractivity contribution is -0.122. The molecule has 1 unspecified atom stereocenters. The number of anilines is 1. The van der Waals surface area contributed by atoms with E-state index in [1.165, 1.54) is 11.1 Å². The Kier molecular flexibility index (Phi) is 6.23. The summed E-state index contributed by atoms with van der Waals surface area (Å²) >= 11 is 0. The lowest BCUT2D eigenvalue weighted by atomic mass is 9.77. The van der Waals surface area contributed by atoms with Crippen LogP contribution in [0.1, 0.15) is 16.7 Å². The van der Waals surface area contributed by atoms with Crippen LogP contribution in [0.25, 0.3) is 11.1 Å². The average molecular weight is 548 g/mol. The van der Waals surface area contributed by atoms with Crippen molar-refractivity contribution in [3.8, 4) is 28.4 Å². The van der Waals surface area contributed by atoms with Crippen LogP contribution in [-0.2, 0) is 16.6 Å². The first-order valence-electron chi connectivity index (χ1n) is 13.8. The number of benzene rings is 4. The third-order valence-electron chi connectivity index (χ3n) is 8.02. The summed E-state index contributed by atoms with van der Waals surface area (Å²) in [5, 5.41) is 5.82. The Morgan fingerprint density at radius 2 is 1.46 bits per heavy atom. The van der Waals surface area contributed by atoms with Crippen LogP contribution in [0.3, 0.4) is 0 Å². The summed E-state index contributed by atoms with van der Waals surface area (Å²) in [7, 11) is 0. The van der Waals surface area contributed by atoms with Gasteiger partial charge in [-0.25, -0.2) is 4.79 Å². The first kappa shape index (κ1) is 25.0.